The Balaban J connectivity index is 2.58. The molecule has 1 aromatic heterocycles. The van der Waals surface area contributed by atoms with Crippen LogP contribution in [0.25, 0.3) is 10.6 Å². The number of hydrogen-bond acceptors (Lipinski definition) is 7. The second kappa shape index (κ2) is 6.65. The molecule has 0 bridgehead atoms. The highest BCUT2D eigenvalue weighted by Gasteiger charge is 2.18. The van der Waals surface area contributed by atoms with Crippen LogP contribution < -0.4 is 14.2 Å². The number of thiazole rings is 1. The van der Waals surface area contributed by atoms with Gasteiger partial charge in [0.25, 0.3) is 0 Å². The molecular formula is C15H18N2O4S. The monoisotopic (exact) mass is 322 g/mol. The molecule has 0 unspecified atom stereocenters. The average molecular weight is 322 g/mol. The van der Waals surface area contributed by atoms with Crippen LogP contribution in [0.1, 0.15) is 17.5 Å². The van der Waals surface area contributed by atoms with E-state index in [4.69, 9.17) is 19.4 Å². The third-order valence-electron chi connectivity index (χ3n) is 3.19. The minimum absolute atomic E-state index is 0.536. The van der Waals surface area contributed by atoms with Gasteiger partial charge in [0.1, 0.15) is 5.01 Å². The summed E-state index contributed by atoms with van der Waals surface area (Å²) in [7, 11) is 4.71. The fraction of sp³-hybridized carbons (Fsp3) is 0.333. The zero-order valence-electron chi connectivity index (χ0n) is 13.1. The number of nitrogens with zero attached hydrogens (tertiary/aromatic N) is 2. The molecule has 1 aromatic carbocycles. The maximum absolute atomic E-state index is 8.94. The summed E-state index contributed by atoms with van der Waals surface area (Å²) in [6.45, 7) is 3.61. The van der Waals surface area contributed by atoms with Crippen molar-refractivity contribution >= 4 is 17.0 Å². The molecule has 2 rings (SSSR count). The zero-order chi connectivity index (χ0) is 16.3. The van der Waals surface area contributed by atoms with Gasteiger partial charge in [-0.25, -0.2) is 4.98 Å². The number of aryl methyl sites for hydroxylation is 1. The van der Waals surface area contributed by atoms with Crippen LogP contribution in [0.3, 0.4) is 0 Å². The molecule has 1 N–H and O–H groups in total. The molecule has 2 aromatic rings. The first-order valence-electron chi connectivity index (χ1n) is 6.52. The first-order valence-corrected chi connectivity index (χ1v) is 7.34. The summed E-state index contributed by atoms with van der Waals surface area (Å²) >= 11 is 1.44. The van der Waals surface area contributed by atoms with Gasteiger partial charge in [-0.1, -0.05) is 5.16 Å². The van der Waals surface area contributed by atoms with Gasteiger partial charge in [0, 0.05) is 5.56 Å². The Morgan fingerprint density at radius 2 is 1.73 bits per heavy atom. The van der Waals surface area contributed by atoms with Crippen molar-refractivity contribution in [3.63, 3.8) is 0 Å². The van der Waals surface area contributed by atoms with Crippen LogP contribution in [0.4, 0.5) is 0 Å². The molecule has 118 valence electrons. The molecule has 0 saturated carbocycles. The van der Waals surface area contributed by atoms with E-state index >= 15 is 0 Å². The fourth-order valence-electron chi connectivity index (χ4n) is 2.11. The minimum Gasteiger partial charge on any atom is -0.493 e. The highest BCUT2D eigenvalue weighted by Crippen LogP contribution is 2.42. The molecule has 0 aliphatic carbocycles. The number of benzene rings is 1. The van der Waals surface area contributed by atoms with E-state index in [0.29, 0.717) is 23.0 Å². The van der Waals surface area contributed by atoms with Gasteiger partial charge in [0.15, 0.2) is 11.5 Å². The molecule has 0 amide bonds. The standard InChI is InChI=1S/C15H18N2O4S/c1-8-14(9(2)17-18)22-15(16-8)10-6-11(19-3)13(21-5)12(7-10)20-4/h6-7,18H,1-5H3. The zero-order valence-corrected chi connectivity index (χ0v) is 13.9. The van der Waals surface area contributed by atoms with Crippen molar-refractivity contribution in [1.82, 2.24) is 4.98 Å². The summed E-state index contributed by atoms with van der Waals surface area (Å²) < 4.78 is 16.0. The minimum atomic E-state index is 0.536. The second-order valence-electron chi connectivity index (χ2n) is 4.53. The van der Waals surface area contributed by atoms with Crippen molar-refractivity contribution in [3.05, 3.63) is 22.7 Å². The van der Waals surface area contributed by atoms with Crippen molar-refractivity contribution in [3.8, 4) is 27.8 Å². The molecule has 0 radical (unpaired) electrons. The first-order chi connectivity index (χ1) is 10.5. The van der Waals surface area contributed by atoms with E-state index in [1.807, 2.05) is 19.1 Å². The summed E-state index contributed by atoms with van der Waals surface area (Å²) in [4.78, 5) is 5.37. The number of aromatic nitrogens is 1. The van der Waals surface area contributed by atoms with Gasteiger partial charge < -0.3 is 19.4 Å². The van der Waals surface area contributed by atoms with Crippen molar-refractivity contribution in [1.29, 1.82) is 0 Å². The van der Waals surface area contributed by atoms with E-state index in [9.17, 15) is 0 Å². The van der Waals surface area contributed by atoms with Crippen molar-refractivity contribution < 1.29 is 19.4 Å². The van der Waals surface area contributed by atoms with Gasteiger partial charge in [0.2, 0.25) is 5.75 Å². The lowest BCUT2D eigenvalue weighted by molar-refractivity contribution is 0.319. The lowest BCUT2D eigenvalue weighted by atomic mass is 10.2. The molecule has 6 nitrogen and oxygen atoms in total. The highest BCUT2D eigenvalue weighted by molar-refractivity contribution is 7.17. The van der Waals surface area contributed by atoms with Crippen LogP contribution in [-0.2, 0) is 0 Å². The smallest absolute Gasteiger partial charge is 0.203 e. The molecule has 0 atom stereocenters. The van der Waals surface area contributed by atoms with E-state index in [0.717, 1.165) is 21.1 Å². The lowest BCUT2D eigenvalue weighted by Crippen LogP contribution is -1.95. The topological polar surface area (TPSA) is 73.2 Å². The molecule has 0 fully saturated rings. The summed E-state index contributed by atoms with van der Waals surface area (Å²) in [5.41, 5.74) is 2.19. The predicted molar refractivity (Wildman–Crippen MR) is 85.9 cm³/mol. The van der Waals surface area contributed by atoms with Gasteiger partial charge in [-0.2, -0.15) is 0 Å². The lowest BCUT2D eigenvalue weighted by Gasteiger charge is -2.13. The van der Waals surface area contributed by atoms with E-state index in [-0.39, 0.29) is 0 Å². The normalized spacial score (nSPS) is 11.4. The maximum atomic E-state index is 8.94. The molecule has 22 heavy (non-hydrogen) atoms. The fourth-order valence-corrected chi connectivity index (χ4v) is 3.10. The van der Waals surface area contributed by atoms with Gasteiger partial charge >= 0.3 is 0 Å². The highest BCUT2D eigenvalue weighted by atomic mass is 32.1. The van der Waals surface area contributed by atoms with Crippen LogP contribution in [0, 0.1) is 6.92 Å². The Morgan fingerprint density at radius 3 is 2.18 bits per heavy atom. The molecule has 0 spiro atoms. The third-order valence-corrected chi connectivity index (χ3v) is 4.50. The van der Waals surface area contributed by atoms with Crippen LogP contribution in [-0.4, -0.2) is 37.2 Å². The van der Waals surface area contributed by atoms with Crippen LogP contribution in [0.2, 0.25) is 0 Å². The SMILES string of the molecule is COc1cc(-c2nc(C)c(C(C)=NO)s2)cc(OC)c1OC. The summed E-state index contributed by atoms with van der Waals surface area (Å²) in [5.74, 6) is 1.67. The van der Waals surface area contributed by atoms with Crippen molar-refractivity contribution in [2.45, 2.75) is 13.8 Å². The molecule has 0 aliphatic rings. The quantitative estimate of drug-likeness (QED) is 0.519. The number of rotatable bonds is 5. The van der Waals surface area contributed by atoms with Crippen LogP contribution in [0.15, 0.2) is 17.3 Å². The Morgan fingerprint density at radius 1 is 1.14 bits per heavy atom. The number of ether oxygens (including phenoxy) is 3. The molecule has 0 saturated heterocycles. The second-order valence-corrected chi connectivity index (χ2v) is 5.53. The van der Waals surface area contributed by atoms with Gasteiger partial charge in [-0.15, -0.1) is 11.3 Å². The average Bonchev–Trinajstić information content (AvgIpc) is 2.94. The summed E-state index contributed by atoms with van der Waals surface area (Å²) in [6.07, 6.45) is 0. The largest absolute Gasteiger partial charge is 0.493 e. The first kappa shape index (κ1) is 16.1. The molecular weight excluding hydrogens is 304 g/mol. The van der Waals surface area contributed by atoms with E-state index in [2.05, 4.69) is 10.1 Å². The number of methoxy groups -OCH3 is 3. The van der Waals surface area contributed by atoms with Crippen molar-refractivity contribution in [2.24, 2.45) is 5.16 Å². The van der Waals surface area contributed by atoms with E-state index in [1.54, 1.807) is 28.3 Å². The molecule has 1 heterocycles. The van der Waals surface area contributed by atoms with E-state index < -0.39 is 0 Å². The third kappa shape index (κ3) is 2.85. The van der Waals surface area contributed by atoms with Crippen LogP contribution in [0.5, 0.6) is 17.2 Å². The number of oxime groups is 1. The molecule has 0 aliphatic heterocycles. The Kier molecular flexibility index (Phi) is 4.87. The summed E-state index contributed by atoms with van der Waals surface area (Å²) in [5, 5.41) is 13.0. The van der Waals surface area contributed by atoms with Gasteiger partial charge in [-0.05, 0) is 26.0 Å². The molecule has 7 heteroatoms. The maximum Gasteiger partial charge on any atom is 0.203 e. The van der Waals surface area contributed by atoms with Gasteiger partial charge in [-0.3, -0.25) is 0 Å². The van der Waals surface area contributed by atoms with Gasteiger partial charge in [0.05, 0.1) is 37.6 Å². The Bertz CT molecular complexity index is 685. The number of hydrogen-bond donors (Lipinski definition) is 1. The summed E-state index contributed by atoms with van der Waals surface area (Å²) in [6, 6.07) is 3.68. The van der Waals surface area contributed by atoms with Crippen molar-refractivity contribution in [2.75, 3.05) is 21.3 Å². The predicted octanol–water partition coefficient (Wildman–Crippen LogP) is 3.34. The Hall–Kier alpha value is -2.28. The van der Waals surface area contributed by atoms with Crippen LogP contribution >= 0.6 is 11.3 Å². The van der Waals surface area contributed by atoms with E-state index in [1.165, 1.54) is 11.3 Å². The Labute approximate surface area is 133 Å².